The molecule has 0 atom stereocenters. The van der Waals surface area contributed by atoms with Crippen molar-refractivity contribution in [3.63, 3.8) is 0 Å². The van der Waals surface area contributed by atoms with E-state index in [9.17, 15) is 4.79 Å². The first-order valence-electron chi connectivity index (χ1n) is 12.1. The van der Waals surface area contributed by atoms with Crippen LogP contribution < -0.4 is 4.74 Å². The number of carbonyl (C=O) groups excluding carboxylic acids is 1. The summed E-state index contributed by atoms with van der Waals surface area (Å²) in [6.45, 7) is 4.68. The van der Waals surface area contributed by atoms with Crippen LogP contribution in [0.1, 0.15) is 48.0 Å². The van der Waals surface area contributed by atoms with Crippen LogP contribution >= 0.6 is 0 Å². The molecule has 0 saturated carbocycles. The summed E-state index contributed by atoms with van der Waals surface area (Å²) in [5.74, 6) is 0.998. The third kappa shape index (κ3) is 5.45. The lowest BCUT2D eigenvalue weighted by Crippen LogP contribution is -2.37. The standard InChI is InChI=1S/C27H32N4O2/c32-27(30-15-5-2-6-16-30)23-9-11-25(12-10-23)33-26-13-17-29(18-14-26)20-22-19-28-31(21-22)24-7-3-1-4-8-24/h1,3-4,7-12,19,21,26H,2,5-6,13-18,20H2. The molecule has 1 aromatic heterocycles. The van der Waals surface area contributed by atoms with Gasteiger partial charge in [0.2, 0.25) is 0 Å². The highest BCUT2D eigenvalue weighted by Crippen LogP contribution is 2.22. The van der Waals surface area contributed by atoms with Gasteiger partial charge in [-0.15, -0.1) is 0 Å². The fraction of sp³-hybridized carbons (Fsp3) is 0.407. The van der Waals surface area contributed by atoms with Crippen LogP contribution in [0.5, 0.6) is 5.75 Å². The Kier molecular flexibility index (Phi) is 6.72. The van der Waals surface area contributed by atoms with Gasteiger partial charge in [0.15, 0.2) is 0 Å². The van der Waals surface area contributed by atoms with E-state index in [1.54, 1.807) is 0 Å². The van der Waals surface area contributed by atoms with E-state index in [4.69, 9.17) is 4.74 Å². The van der Waals surface area contributed by atoms with Crippen molar-refractivity contribution in [2.45, 2.75) is 44.8 Å². The summed E-state index contributed by atoms with van der Waals surface area (Å²) in [4.78, 5) is 17.1. The Hall–Kier alpha value is -3.12. The van der Waals surface area contributed by atoms with Crippen LogP contribution in [0.3, 0.4) is 0 Å². The Balaban J connectivity index is 1.09. The molecule has 0 spiro atoms. The lowest BCUT2D eigenvalue weighted by atomic mass is 10.1. The zero-order chi connectivity index (χ0) is 22.5. The van der Waals surface area contributed by atoms with Crippen LogP contribution in [-0.4, -0.2) is 57.8 Å². The number of hydrogen-bond donors (Lipinski definition) is 0. The summed E-state index contributed by atoms with van der Waals surface area (Å²) in [7, 11) is 0. The number of nitrogens with zero attached hydrogens (tertiary/aromatic N) is 4. The Morgan fingerprint density at radius 2 is 1.64 bits per heavy atom. The van der Waals surface area contributed by atoms with Crippen LogP contribution in [0, 0.1) is 0 Å². The van der Waals surface area contributed by atoms with Crippen molar-refractivity contribution in [2.75, 3.05) is 26.2 Å². The van der Waals surface area contributed by atoms with Crippen LogP contribution in [0.2, 0.25) is 0 Å². The molecule has 2 saturated heterocycles. The Bertz CT molecular complexity index is 1030. The first-order chi connectivity index (χ1) is 16.2. The fourth-order valence-electron chi connectivity index (χ4n) is 4.76. The number of piperidine rings is 2. The van der Waals surface area contributed by atoms with E-state index in [1.807, 2.05) is 58.2 Å². The summed E-state index contributed by atoms with van der Waals surface area (Å²) >= 11 is 0. The van der Waals surface area contributed by atoms with Crippen molar-refractivity contribution in [3.05, 3.63) is 78.1 Å². The number of hydrogen-bond acceptors (Lipinski definition) is 4. The van der Waals surface area contributed by atoms with Gasteiger partial charge in [-0.25, -0.2) is 4.68 Å². The number of likely N-dealkylation sites (tertiary alicyclic amines) is 2. The third-order valence-electron chi connectivity index (χ3n) is 6.64. The number of benzene rings is 2. The highest BCUT2D eigenvalue weighted by molar-refractivity contribution is 5.94. The van der Waals surface area contributed by atoms with Gasteiger partial charge in [-0.05, 0) is 68.5 Å². The van der Waals surface area contributed by atoms with Crippen molar-refractivity contribution < 1.29 is 9.53 Å². The molecule has 0 aliphatic carbocycles. The molecule has 0 N–H and O–H groups in total. The number of rotatable bonds is 6. The average molecular weight is 445 g/mol. The normalized spacial score (nSPS) is 17.8. The summed E-state index contributed by atoms with van der Waals surface area (Å²) in [6.07, 6.45) is 9.75. The Morgan fingerprint density at radius 1 is 0.909 bits per heavy atom. The van der Waals surface area contributed by atoms with E-state index < -0.39 is 0 Å². The molecule has 0 unspecified atom stereocenters. The zero-order valence-corrected chi connectivity index (χ0v) is 19.1. The van der Waals surface area contributed by atoms with E-state index in [1.165, 1.54) is 12.0 Å². The predicted molar refractivity (Wildman–Crippen MR) is 129 cm³/mol. The number of amides is 1. The summed E-state index contributed by atoms with van der Waals surface area (Å²) in [5.41, 5.74) is 3.07. The predicted octanol–water partition coefficient (Wildman–Crippen LogP) is 4.54. The maximum Gasteiger partial charge on any atom is 0.253 e. The lowest BCUT2D eigenvalue weighted by molar-refractivity contribution is 0.0724. The number of para-hydroxylation sites is 1. The molecule has 2 fully saturated rings. The largest absolute Gasteiger partial charge is 0.490 e. The maximum absolute atomic E-state index is 12.6. The monoisotopic (exact) mass is 444 g/mol. The van der Waals surface area contributed by atoms with Crippen LogP contribution in [-0.2, 0) is 6.54 Å². The topological polar surface area (TPSA) is 50.6 Å². The molecule has 2 aliphatic heterocycles. The summed E-state index contributed by atoms with van der Waals surface area (Å²) in [6, 6.07) is 17.9. The minimum Gasteiger partial charge on any atom is -0.490 e. The van der Waals surface area contributed by atoms with Gasteiger partial charge in [-0.3, -0.25) is 9.69 Å². The highest BCUT2D eigenvalue weighted by Gasteiger charge is 2.22. The van der Waals surface area contributed by atoms with Crippen molar-refractivity contribution in [1.29, 1.82) is 0 Å². The summed E-state index contributed by atoms with van der Waals surface area (Å²) in [5, 5.41) is 4.51. The van der Waals surface area contributed by atoms with E-state index >= 15 is 0 Å². The first kappa shape index (κ1) is 21.7. The number of aromatic nitrogens is 2. The second-order valence-electron chi connectivity index (χ2n) is 9.10. The van der Waals surface area contributed by atoms with E-state index in [0.717, 1.165) is 75.4 Å². The minimum atomic E-state index is 0.144. The minimum absolute atomic E-state index is 0.144. The van der Waals surface area contributed by atoms with Crippen LogP contribution in [0.15, 0.2) is 67.0 Å². The van der Waals surface area contributed by atoms with Crippen LogP contribution in [0.25, 0.3) is 5.69 Å². The van der Waals surface area contributed by atoms with Gasteiger partial charge in [0, 0.05) is 50.0 Å². The van der Waals surface area contributed by atoms with Gasteiger partial charge in [0.05, 0.1) is 11.9 Å². The number of ether oxygens (including phenoxy) is 1. The molecular weight excluding hydrogens is 412 g/mol. The fourth-order valence-corrected chi connectivity index (χ4v) is 4.76. The molecule has 1 amide bonds. The second-order valence-corrected chi connectivity index (χ2v) is 9.10. The molecule has 172 valence electrons. The quantitative estimate of drug-likeness (QED) is 0.560. The molecular formula is C27H32N4O2. The Morgan fingerprint density at radius 3 is 2.36 bits per heavy atom. The zero-order valence-electron chi connectivity index (χ0n) is 19.1. The average Bonchev–Trinajstić information content (AvgIpc) is 3.35. The first-order valence-corrected chi connectivity index (χ1v) is 12.1. The van der Waals surface area contributed by atoms with Gasteiger partial charge in [-0.1, -0.05) is 18.2 Å². The molecule has 5 rings (SSSR count). The van der Waals surface area contributed by atoms with Gasteiger partial charge in [0.25, 0.3) is 5.91 Å². The van der Waals surface area contributed by atoms with Gasteiger partial charge < -0.3 is 9.64 Å². The van der Waals surface area contributed by atoms with Crippen molar-refractivity contribution in [2.24, 2.45) is 0 Å². The summed E-state index contributed by atoms with van der Waals surface area (Å²) < 4.78 is 8.16. The van der Waals surface area contributed by atoms with Crippen molar-refractivity contribution >= 4 is 5.91 Å². The van der Waals surface area contributed by atoms with E-state index in [0.29, 0.717) is 0 Å². The lowest BCUT2D eigenvalue weighted by Gasteiger charge is -2.32. The van der Waals surface area contributed by atoms with Gasteiger partial charge in [0.1, 0.15) is 11.9 Å². The molecule has 3 aromatic rings. The molecule has 33 heavy (non-hydrogen) atoms. The molecule has 6 nitrogen and oxygen atoms in total. The molecule has 0 radical (unpaired) electrons. The highest BCUT2D eigenvalue weighted by atomic mass is 16.5. The molecule has 2 aliphatic rings. The molecule has 0 bridgehead atoms. The van der Waals surface area contributed by atoms with Crippen molar-refractivity contribution in [1.82, 2.24) is 19.6 Å². The van der Waals surface area contributed by atoms with Crippen LogP contribution in [0.4, 0.5) is 0 Å². The SMILES string of the molecule is O=C(c1ccc(OC2CCN(Cc3cnn(-c4ccccc4)c3)CC2)cc1)N1CCCCC1. The molecule has 3 heterocycles. The Labute approximate surface area is 195 Å². The second kappa shape index (κ2) is 10.2. The van der Waals surface area contributed by atoms with E-state index in [-0.39, 0.29) is 12.0 Å². The smallest absolute Gasteiger partial charge is 0.253 e. The van der Waals surface area contributed by atoms with Crippen molar-refractivity contribution in [3.8, 4) is 11.4 Å². The van der Waals surface area contributed by atoms with E-state index in [2.05, 4.69) is 28.3 Å². The maximum atomic E-state index is 12.6. The molecule has 6 heteroatoms. The third-order valence-corrected chi connectivity index (χ3v) is 6.64. The van der Waals surface area contributed by atoms with Gasteiger partial charge in [-0.2, -0.15) is 5.10 Å². The number of carbonyl (C=O) groups is 1. The van der Waals surface area contributed by atoms with Gasteiger partial charge >= 0.3 is 0 Å². The molecule has 2 aromatic carbocycles.